The Labute approximate surface area is 132 Å². The molecule has 6 nitrogen and oxygen atoms in total. The number of nitrogens with zero attached hydrogens (tertiary/aromatic N) is 2. The number of carbonyl (C=O) groups is 1. The van der Waals surface area contributed by atoms with Crippen molar-refractivity contribution in [3.8, 4) is 5.75 Å². The molecule has 2 aromatic rings. The van der Waals surface area contributed by atoms with Gasteiger partial charge >= 0.3 is 5.97 Å². The minimum absolute atomic E-state index is 0.00568. The number of nitrogens with one attached hydrogen (secondary N) is 1. The molecule has 2 rings (SSSR count). The number of carboxylic acids is 1. The molecule has 0 atom stereocenters. The summed E-state index contributed by atoms with van der Waals surface area (Å²) in [6.07, 6.45) is 1.57. The van der Waals surface area contributed by atoms with Gasteiger partial charge in [0.15, 0.2) is 0 Å². The zero-order valence-electron chi connectivity index (χ0n) is 12.5. The van der Waals surface area contributed by atoms with E-state index in [9.17, 15) is 9.90 Å². The highest BCUT2D eigenvalue weighted by atomic mass is 32.2. The number of ether oxygens (including phenoxy) is 1. The Balaban J connectivity index is 2.32. The SMILES string of the molecule is Cc1nc(SC(=Cc2ccccc2OC(C)C)C(=O)O)n[nH]1. The second-order valence-electron chi connectivity index (χ2n) is 4.82. The summed E-state index contributed by atoms with van der Waals surface area (Å²) in [5.74, 6) is 0.241. The van der Waals surface area contributed by atoms with Crippen LogP contribution in [-0.4, -0.2) is 32.4 Å². The molecule has 22 heavy (non-hydrogen) atoms. The van der Waals surface area contributed by atoms with E-state index in [1.54, 1.807) is 13.0 Å². The van der Waals surface area contributed by atoms with E-state index >= 15 is 0 Å². The van der Waals surface area contributed by atoms with Crippen LogP contribution in [0.3, 0.4) is 0 Å². The van der Waals surface area contributed by atoms with Gasteiger partial charge in [0.05, 0.1) is 6.10 Å². The van der Waals surface area contributed by atoms with E-state index in [-0.39, 0.29) is 11.0 Å². The fourth-order valence-electron chi connectivity index (χ4n) is 1.70. The molecule has 7 heteroatoms. The Bertz CT molecular complexity index is 695. The molecular formula is C15H17N3O3S. The predicted molar refractivity (Wildman–Crippen MR) is 84.8 cm³/mol. The molecule has 0 amide bonds. The fourth-order valence-corrected chi connectivity index (χ4v) is 2.45. The third kappa shape index (κ3) is 4.36. The van der Waals surface area contributed by atoms with E-state index in [2.05, 4.69) is 15.2 Å². The quantitative estimate of drug-likeness (QED) is 0.628. The van der Waals surface area contributed by atoms with Crippen molar-refractivity contribution >= 4 is 23.8 Å². The molecule has 0 bridgehead atoms. The number of aliphatic carboxylic acids is 1. The second-order valence-corrected chi connectivity index (χ2v) is 5.83. The Morgan fingerprint density at radius 3 is 2.73 bits per heavy atom. The molecule has 1 aromatic heterocycles. The van der Waals surface area contributed by atoms with Crippen molar-refractivity contribution in [2.45, 2.75) is 32.0 Å². The lowest BCUT2D eigenvalue weighted by atomic mass is 10.2. The van der Waals surface area contributed by atoms with Gasteiger partial charge < -0.3 is 9.84 Å². The zero-order valence-corrected chi connectivity index (χ0v) is 13.3. The van der Waals surface area contributed by atoms with Gasteiger partial charge in [-0.05, 0) is 44.7 Å². The highest BCUT2D eigenvalue weighted by Gasteiger charge is 2.14. The van der Waals surface area contributed by atoms with Gasteiger partial charge in [0.25, 0.3) is 0 Å². The van der Waals surface area contributed by atoms with Gasteiger partial charge in [0.1, 0.15) is 16.5 Å². The van der Waals surface area contributed by atoms with Gasteiger partial charge in [0.2, 0.25) is 5.16 Å². The summed E-state index contributed by atoms with van der Waals surface area (Å²) in [5, 5.41) is 16.4. The molecule has 1 aromatic carbocycles. The van der Waals surface area contributed by atoms with Gasteiger partial charge in [-0.15, -0.1) is 5.10 Å². The lowest BCUT2D eigenvalue weighted by Gasteiger charge is -2.12. The second kappa shape index (κ2) is 7.13. The molecule has 0 unspecified atom stereocenters. The van der Waals surface area contributed by atoms with Gasteiger partial charge in [0, 0.05) is 5.56 Å². The van der Waals surface area contributed by atoms with Crippen molar-refractivity contribution in [1.82, 2.24) is 15.2 Å². The highest BCUT2D eigenvalue weighted by Crippen LogP contribution is 2.29. The molecule has 0 aliphatic carbocycles. The minimum Gasteiger partial charge on any atom is -0.490 e. The highest BCUT2D eigenvalue weighted by molar-refractivity contribution is 8.04. The maximum atomic E-state index is 11.5. The smallest absolute Gasteiger partial charge is 0.342 e. The van der Waals surface area contributed by atoms with E-state index < -0.39 is 5.97 Å². The summed E-state index contributed by atoms with van der Waals surface area (Å²) in [6.45, 7) is 5.60. The van der Waals surface area contributed by atoms with Gasteiger partial charge in [-0.3, -0.25) is 5.10 Å². The first-order chi connectivity index (χ1) is 10.5. The number of para-hydroxylation sites is 1. The third-order valence-corrected chi connectivity index (χ3v) is 3.43. The molecule has 0 aliphatic heterocycles. The Morgan fingerprint density at radius 2 is 2.14 bits per heavy atom. The molecule has 0 aliphatic rings. The first kappa shape index (κ1) is 16.1. The lowest BCUT2D eigenvalue weighted by molar-refractivity contribution is -0.131. The van der Waals surface area contributed by atoms with Crippen molar-refractivity contribution in [3.63, 3.8) is 0 Å². The molecule has 0 saturated carbocycles. The maximum absolute atomic E-state index is 11.5. The summed E-state index contributed by atoms with van der Waals surface area (Å²) in [5.41, 5.74) is 0.702. The van der Waals surface area contributed by atoms with Crippen LogP contribution in [0, 0.1) is 6.92 Å². The van der Waals surface area contributed by atoms with Crippen molar-refractivity contribution in [3.05, 3.63) is 40.6 Å². The summed E-state index contributed by atoms with van der Waals surface area (Å²) >= 11 is 0.993. The number of hydrogen-bond acceptors (Lipinski definition) is 5. The third-order valence-electron chi connectivity index (χ3n) is 2.56. The normalized spacial score (nSPS) is 11.7. The number of carboxylic acid groups (broad SMARTS) is 1. The molecule has 0 fully saturated rings. The van der Waals surface area contributed by atoms with Crippen molar-refractivity contribution in [2.24, 2.45) is 0 Å². The first-order valence-electron chi connectivity index (χ1n) is 6.73. The van der Waals surface area contributed by atoms with Crippen molar-refractivity contribution < 1.29 is 14.6 Å². The Hall–Kier alpha value is -2.28. The molecule has 0 saturated heterocycles. The topological polar surface area (TPSA) is 88.1 Å². The average molecular weight is 319 g/mol. The molecule has 0 radical (unpaired) electrons. The van der Waals surface area contributed by atoms with Gasteiger partial charge in [-0.1, -0.05) is 18.2 Å². The largest absolute Gasteiger partial charge is 0.490 e. The van der Waals surface area contributed by atoms with Crippen molar-refractivity contribution in [1.29, 1.82) is 0 Å². The standard InChI is InChI=1S/C15H17N3O3S/c1-9(2)21-12-7-5-4-6-11(12)8-13(14(19)20)22-15-16-10(3)17-18-15/h4-9H,1-3H3,(H,19,20)(H,16,17,18). The number of benzene rings is 1. The van der Waals surface area contributed by atoms with E-state index in [1.807, 2.05) is 38.1 Å². The summed E-state index contributed by atoms with van der Waals surface area (Å²) in [6, 6.07) is 7.30. The number of aromatic nitrogens is 3. The maximum Gasteiger partial charge on any atom is 0.342 e. The Kier molecular flexibility index (Phi) is 5.21. The van der Waals surface area contributed by atoms with Crippen LogP contribution in [0.1, 0.15) is 25.2 Å². The number of thioether (sulfide) groups is 1. The average Bonchev–Trinajstić information content (AvgIpc) is 2.85. The van der Waals surface area contributed by atoms with Crippen LogP contribution in [0.25, 0.3) is 6.08 Å². The van der Waals surface area contributed by atoms with Crippen LogP contribution in [0.5, 0.6) is 5.75 Å². The van der Waals surface area contributed by atoms with E-state index in [4.69, 9.17) is 4.74 Å². The van der Waals surface area contributed by atoms with Crippen LogP contribution >= 0.6 is 11.8 Å². The first-order valence-corrected chi connectivity index (χ1v) is 7.55. The number of hydrogen-bond donors (Lipinski definition) is 2. The summed E-state index contributed by atoms with van der Waals surface area (Å²) in [7, 11) is 0. The molecule has 0 spiro atoms. The van der Waals surface area contributed by atoms with Crippen LogP contribution in [0.2, 0.25) is 0 Å². The van der Waals surface area contributed by atoms with E-state index in [1.165, 1.54) is 0 Å². The zero-order chi connectivity index (χ0) is 16.1. The van der Waals surface area contributed by atoms with Crippen LogP contribution in [-0.2, 0) is 4.79 Å². The van der Waals surface area contributed by atoms with E-state index in [0.29, 0.717) is 22.3 Å². The number of aryl methyl sites for hydroxylation is 1. The summed E-state index contributed by atoms with van der Waals surface area (Å²) < 4.78 is 5.70. The van der Waals surface area contributed by atoms with Gasteiger partial charge in [-0.2, -0.15) is 0 Å². The van der Waals surface area contributed by atoms with Crippen LogP contribution < -0.4 is 4.74 Å². The molecule has 1 heterocycles. The summed E-state index contributed by atoms with van der Waals surface area (Å²) in [4.78, 5) is 15.7. The van der Waals surface area contributed by atoms with Crippen LogP contribution in [0.4, 0.5) is 0 Å². The lowest BCUT2D eigenvalue weighted by Crippen LogP contribution is -2.06. The number of H-pyrrole nitrogens is 1. The Morgan fingerprint density at radius 1 is 1.41 bits per heavy atom. The predicted octanol–water partition coefficient (Wildman–Crippen LogP) is 3.12. The number of aromatic amines is 1. The molecule has 2 N–H and O–H groups in total. The van der Waals surface area contributed by atoms with Crippen molar-refractivity contribution in [2.75, 3.05) is 0 Å². The minimum atomic E-state index is -1.04. The molecule has 116 valence electrons. The number of rotatable bonds is 6. The van der Waals surface area contributed by atoms with Crippen LogP contribution in [0.15, 0.2) is 34.3 Å². The fraction of sp³-hybridized carbons (Fsp3) is 0.267. The monoisotopic (exact) mass is 319 g/mol. The molecular weight excluding hydrogens is 302 g/mol. The van der Waals surface area contributed by atoms with Gasteiger partial charge in [-0.25, -0.2) is 9.78 Å². The van der Waals surface area contributed by atoms with E-state index in [0.717, 1.165) is 11.8 Å².